The Labute approximate surface area is 297 Å². The number of pyridine rings is 1. The van der Waals surface area contributed by atoms with Crippen LogP contribution in [0.4, 0.5) is 13.2 Å². The number of hydrogen-bond acceptors (Lipinski definition) is 9. The summed E-state index contributed by atoms with van der Waals surface area (Å²) in [6.45, 7) is 5.22. The fourth-order valence-electron chi connectivity index (χ4n) is 7.36. The summed E-state index contributed by atoms with van der Waals surface area (Å²) in [4.78, 5) is 37.4. The molecule has 2 aliphatic carbocycles. The highest BCUT2D eigenvalue weighted by atomic mass is 35.5. The van der Waals surface area contributed by atoms with Crippen LogP contribution in [0.1, 0.15) is 65.2 Å². The number of likely N-dealkylation sites (tertiary alicyclic amines) is 1. The number of fused-ring (bicyclic) bond motifs is 3. The van der Waals surface area contributed by atoms with Gasteiger partial charge in [0.25, 0.3) is 5.56 Å². The van der Waals surface area contributed by atoms with E-state index >= 15 is 0 Å². The van der Waals surface area contributed by atoms with Gasteiger partial charge in [-0.3, -0.25) is 28.8 Å². The first-order valence-corrected chi connectivity index (χ1v) is 17.9. The molecule has 1 saturated carbocycles. The van der Waals surface area contributed by atoms with Crippen molar-refractivity contribution in [1.29, 1.82) is 0 Å². The fourth-order valence-corrected chi connectivity index (χ4v) is 8.52. The highest BCUT2D eigenvalue weighted by Gasteiger charge is 2.53. The molecule has 0 N–H and O–H groups in total. The summed E-state index contributed by atoms with van der Waals surface area (Å²) >= 11 is 7.86. The Kier molecular flexibility index (Phi) is 10.7. The van der Waals surface area contributed by atoms with Crippen LogP contribution in [0, 0.1) is 13.8 Å². The van der Waals surface area contributed by atoms with Gasteiger partial charge in [0, 0.05) is 71.6 Å². The van der Waals surface area contributed by atoms with Gasteiger partial charge in [0.2, 0.25) is 0 Å². The summed E-state index contributed by atoms with van der Waals surface area (Å²) in [7, 11) is 3.25. The summed E-state index contributed by atoms with van der Waals surface area (Å²) in [5.74, 6) is 1.23. The van der Waals surface area contributed by atoms with E-state index in [-0.39, 0.29) is 30.2 Å². The van der Waals surface area contributed by atoms with E-state index in [1.165, 1.54) is 11.3 Å². The van der Waals surface area contributed by atoms with Crippen molar-refractivity contribution < 1.29 is 32.2 Å². The Morgan fingerprint density at radius 2 is 1.82 bits per heavy atom. The first-order valence-electron chi connectivity index (χ1n) is 16.6. The van der Waals surface area contributed by atoms with E-state index in [9.17, 15) is 22.8 Å². The molecule has 1 saturated heterocycles. The number of aryl methyl sites for hydroxylation is 2. The van der Waals surface area contributed by atoms with Crippen molar-refractivity contribution in [3.8, 4) is 16.9 Å². The number of methoxy groups -OCH3 is 1. The molecule has 50 heavy (non-hydrogen) atoms. The monoisotopic (exact) mass is 732 g/mol. The maximum atomic E-state index is 14.0. The van der Waals surface area contributed by atoms with Crippen molar-refractivity contribution in [2.24, 2.45) is 0 Å². The maximum absolute atomic E-state index is 14.0. The molecule has 2 fully saturated rings. The van der Waals surface area contributed by atoms with Crippen molar-refractivity contribution in [1.82, 2.24) is 19.4 Å². The largest absolute Gasteiger partial charge is 0.522 e. The molecule has 9 nitrogen and oxygen atoms in total. The average molecular weight is 733 g/mol. The number of hydrogen-bond donors (Lipinski definition) is 0. The Bertz CT molecular complexity index is 1940. The van der Waals surface area contributed by atoms with Crippen molar-refractivity contribution in [2.75, 3.05) is 33.9 Å². The molecule has 1 spiro atoms. The molecule has 1 unspecified atom stereocenters. The van der Waals surface area contributed by atoms with Crippen LogP contribution in [0.2, 0.25) is 5.02 Å². The maximum Gasteiger partial charge on any atom is 0.522 e. The lowest BCUT2D eigenvalue weighted by molar-refractivity contribution is -0.346. The van der Waals surface area contributed by atoms with E-state index in [1.807, 2.05) is 26.0 Å². The third-order valence-corrected chi connectivity index (χ3v) is 11.0. The third-order valence-electron chi connectivity index (χ3n) is 9.78. The van der Waals surface area contributed by atoms with Crippen LogP contribution in [-0.2, 0) is 27.9 Å². The molecule has 3 aromatic heterocycles. The second kappa shape index (κ2) is 14.7. The minimum Gasteiger partial charge on any atom is -0.491 e. The summed E-state index contributed by atoms with van der Waals surface area (Å²) in [5.41, 5.74) is 4.95. The second-order valence-electron chi connectivity index (χ2n) is 13.3. The molecular formula is C36H40ClF3N4O5S. The van der Waals surface area contributed by atoms with E-state index in [1.54, 1.807) is 36.3 Å². The lowest BCUT2D eigenvalue weighted by Crippen LogP contribution is -2.50. The molecule has 268 valence electrons. The number of aldehydes is 1. The van der Waals surface area contributed by atoms with Gasteiger partial charge in [-0.2, -0.15) is 0 Å². The molecule has 0 radical (unpaired) electrons. The lowest BCUT2D eigenvalue weighted by Gasteiger charge is -2.41. The Morgan fingerprint density at radius 3 is 2.48 bits per heavy atom. The number of carbonyl (C=O) groups is 1. The number of nitrogens with zero attached hydrogens (tertiary/aromatic N) is 4. The first kappa shape index (κ1) is 36.4. The normalized spacial score (nSPS) is 18.8. The van der Waals surface area contributed by atoms with E-state index < -0.39 is 12.5 Å². The number of rotatable bonds is 8. The van der Waals surface area contributed by atoms with Crippen LogP contribution in [0.3, 0.4) is 0 Å². The Balaban J connectivity index is 0.00000139. The van der Waals surface area contributed by atoms with Crippen molar-refractivity contribution in [3.63, 3.8) is 0 Å². The van der Waals surface area contributed by atoms with Crippen LogP contribution in [0.5, 0.6) is 5.75 Å². The predicted octanol–water partition coefficient (Wildman–Crippen LogP) is 7.29. The van der Waals surface area contributed by atoms with Crippen LogP contribution in [-0.4, -0.2) is 78.1 Å². The predicted molar refractivity (Wildman–Crippen MR) is 187 cm³/mol. The van der Waals surface area contributed by atoms with Crippen LogP contribution >= 0.6 is 22.9 Å². The first-order chi connectivity index (χ1) is 23.9. The molecule has 1 aliphatic heterocycles. The van der Waals surface area contributed by atoms with Gasteiger partial charge in [0.1, 0.15) is 18.2 Å². The van der Waals surface area contributed by atoms with Gasteiger partial charge in [0.15, 0.2) is 6.29 Å². The van der Waals surface area contributed by atoms with Crippen LogP contribution in [0.25, 0.3) is 21.3 Å². The number of carbonyl (C=O) groups excluding carboxylic acids is 1. The minimum atomic E-state index is -4.63. The van der Waals surface area contributed by atoms with Crippen LogP contribution < -0.4 is 10.3 Å². The van der Waals surface area contributed by atoms with Crippen LogP contribution in [0.15, 0.2) is 34.4 Å². The highest BCUT2D eigenvalue weighted by molar-refractivity contribution is 7.18. The standard InChI is InChI=1S/C34H34ClF3N4O4S.C2H6O/c1-19-13-26(30-29(39-19)21(17-43)18-47-30)25-14-22(35)3-4-28(25)45-12-11-42-20(2)40-31-27(32(42)44)15-23(16-33(31)7-8-33)41-9-5-24(6-10-41)46-34(36,37)38;1-3-2/h3-4,13-14,17-18,23-24H,5-12,15-16H2,1-2H3;1-2H3. The fraction of sp³-hybridized carbons (Fsp3) is 0.500. The summed E-state index contributed by atoms with van der Waals surface area (Å²) in [5, 5.41) is 2.33. The van der Waals surface area contributed by atoms with E-state index in [0.717, 1.165) is 52.8 Å². The number of thiophene rings is 1. The van der Waals surface area contributed by atoms with Gasteiger partial charge < -0.3 is 9.47 Å². The number of benzene rings is 1. The Hall–Kier alpha value is -3.36. The van der Waals surface area contributed by atoms with Gasteiger partial charge in [-0.25, -0.2) is 4.98 Å². The molecule has 1 atom stereocenters. The van der Waals surface area contributed by atoms with Crippen molar-refractivity contribution >= 4 is 39.4 Å². The van der Waals surface area contributed by atoms with Gasteiger partial charge >= 0.3 is 6.36 Å². The smallest absolute Gasteiger partial charge is 0.491 e. The van der Waals surface area contributed by atoms with E-state index in [4.69, 9.17) is 21.3 Å². The second-order valence-corrected chi connectivity index (χ2v) is 14.6. The van der Waals surface area contributed by atoms with Gasteiger partial charge in [0.05, 0.1) is 34.1 Å². The zero-order chi connectivity index (χ0) is 35.8. The van der Waals surface area contributed by atoms with Gasteiger partial charge in [-0.05, 0) is 76.6 Å². The molecule has 14 heteroatoms. The SMILES string of the molecule is COC.Cc1cc(-c2cc(Cl)ccc2OCCn2c(C)nc3c(c2=O)CC(N2CCC(OC(F)(F)F)CC2)CC32CC2)c2scc(C=O)c2n1. The number of alkyl halides is 3. The number of halogens is 4. The zero-order valence-corrected chi connectivity index (χ0v) is 30.0. The number of aromatic nitrogens is 3. The molecular weight excluding hydrogens is 693 g/mol. The average Bonchev–Trinajstić information content (AvgIpc) is 3.71. The van der Waals surface area contributed by atoms with Gasteiger partial charge in [-0.1, -0.05) is 11.6 Å². The third kappa shape index (κ3) is 7.62. The molecule has 4 aromatic rings. The number of piperidine rings is 1. The van der Waals surface area contributed by atoms with Crippen molar-refractivity contribution in [2.45, 2.75) is 82.8 Å². The summed E-state index contributed by atoms with van der Waals surface area (Å²) in [6.07, 6.45) is -0.714. The quantitative estimate of drug-likeness (QED) is 0.174. The zero-order valence-electron chi connectivity index (χ0n) is 28.4. The topological polar surface area (TPSA) is 95.8 Å². The molecule has 1 aromatic carbocycles. The van der Waals surface area contributed by atoms with Crippen molar-refractivity contribution in [3.05, 3.63) is 73.4 Å². The number of ether oxygens (including phenoxy) is 3. The highest BCUT2D eigenvalue weighted by Crippen LogP contribution is 2.55. The minimum absolute atomic E-state index is 0.0769. The van der Waals surface area contributed by atoms with E-state index in [0.29, 0.717) is 65.6 Å². The molecule has 0 amide bonds. The van der Waals surface area contributed by atoms with E-state index in [2.05, 4.69) is 19.4 Å². The summed E-state index contributed by atoms with van der Waals surface area (Å²) < 4.78 is 55.6. The molecule has 7 rings (SSSR count). The molecule has 0 bridgehead atoms. The summed E-state index contributed by atoms with van der Waals surface area (Å²) in [6, 6.07) is 7.41. The Morgan fingerprint density at radius 1 is 1.10 bits per heavy atom. The lowest BCUT2D eigenvalue weighted by atomic mass is 9.80. The van der Waals surface area contributed by atoms with Gasteiger partial charge in [-0.15, -0.1) is 24.5 Å². The molecule has 4 heterocycles. The molecule has 3 aliphatic rings.